The summed E-state index contributed by atoms with van der Waals surface area (Å²) in [7, 11) is 0. The van der Waals surface area contributed by atoms with Crippen LogP contribution in [0.25, 0.3) is 21.9 Å². The topological polar surface area (TPSA) is 77.0 Å². The van der Waals surface area contributed by atoms with Crippen molar-refractivity contribution < 1.29 is 5.11 Å². The van der Waals surface area contributed by atoms with Gasteiger partial charge in [0.05, 0.1) is 11.0 Å². The van der Waals surface area contributed by atoms with Gasteiger partial charge < -0.3 is 15.4 Å². The number of hydrogen-bond donors (Lipinski definition) is 2. The third kappa shape index (κ3) is 2.96. The van der Waals surface area contributed by atoms with Gasteiger partial charge in [-0.05, 0) is 18.4 Å². The molecule has 1 unspecified atom stereocenters. The Morgan fingerprint density at radius 2 is 1.96 bits per heavy atom. The van der Waals surface area contributed by atoms with Gasteiger partial charge in [-0.25, -0.2) is 9.97 Å². The predicted molar refractivity (Wildman–Crippen MR) is 98.8 cm³/mol. The lowest BCUT2D eigenvalue weighted by Gasteiger charge is -2.16. The highest BCUT2D eigenvalue weighted by molar-refractivity contribution is 6.06. The van der Waals surface area contributed by atoms with Gasteiger partial charge in [0.25, 0.3) is 0 Å². The summed E-state index contributed by atoms with van der Waals surface area (Å²) >= 11 is 0. The van der Waals surface area contributed by atoms with Crippen LogP contribution in [0.5, 0.6) is 0 Å². The Balaban J connectivity index is 2.28. The number of aliphatic hydroxyl groups excluding tert-OH is 1. The zero-order valence-electron chi connectivity index (χ0n) is 14.7. The second-order valence-corrected chi connectivity index (χ2v) is 6.84. The Kier molecular flexibility index (Phi) is 4.71. The zero-order valence-corrected chi connectivity index (χ0v) is 14.7. The molecule has 3 N–H and O–H groups in total. The molecule has 2 aromatic heterocycles. The van der Waals surface area contributed by atoms with E-state index in [9.17, 15) is 5.11 Å². The monoisotopic (exact) mass is 326 g/mol. The molecule has 5 heteroatoms. The lowest BCUT2D eigenvalue weighted by molar-refractivity contribution is 0.149. The number of aliphatic hydroxyl groups is 1. The largest absolute Gasteiger partial charge is 0.385 e. The van der Waals surface area contributed by atoms with Crippen LogP contribution in [0.15, 0.2) is 24.3 Å². The minimum atomic E-state index is -0.575. The molecule has 0 saturated carbocycles. The number of nitrogens with zero attached hydrogens (tertiary/aromatic N) is 3. The molecule has 3 aromatic rings. The summed E-state index contributed by atoms with van der Waals surface area (Å²) < 4.78 is 2.14. The number of nitrogens with two attached hydrogens (primary N) is 1. The first-order chi connectivity index (χ1) is 11.5. The van der Waals surface area contributed by atoms with Crippen LogP contribution < -0.4 is 5.73 Å². The number of nitrogen functional groups attached to an aromatic ring is 1. The number of unbranched alkanes of at least 4 members (excludes halogenated alkanes) is 1. The summed E-state index contributed by atoms with van der Waals surface area (Å²) in [6.45, 7) is 7.25. The second-order valence-electron chi connectivity index (χ2n) is 6.84. The average Bonchev–Trinajstić information content (AvgIpc) is 2.92. The number of benzene rings is 1. The standard InChI is InChI=1S/C19H26N4O/c1-4-5-10-15(24)19-22-16-17(23(19)11-12(2)3)13-8-6-7-9-14(13)21-18(16)20/h6-9,12,15,24H,4-5,10-11H2,1-3H3,(H2,20,21). The summed E-state index contributed by atoms with van der Waals surface area (Å²) in [5.41, 5.74) is 8.71. The summed E-state index contributed by atoms with van der Waals surface area (Å²) in [5.74, 6) is 1.57. The zero-order chi connectivity index (χ0) is 17.3. The van der Waals surface area contributed by atoms with E-state index in [-0.39, 0.29) is 0 Å². The van der Waals surface area contributed by atoms with Gasteiger partial charge in [0.15, 0.2) is 5.82 Å². The first-order valence-corrected chi connectivity index (χ1v) is 8.75. The van der Waals surface area contributed by atoms with Crippen molar-refractivity contribution in [3.8, 4) is 0 Å². The molecule has 0 aliphatic rings. The molecule has 24 heavy (non-hydrogen) atoms. The van der Waals surface area contributed by atoms with E-state index in [4.69, 9.17) is 10.7 Å². The molecule has 0 fully saturated rings. The second kappa shape index (κ2) is 6.77. The molecular formula is C19H26N4O. The molecule has 0 aliphatic heterocycles. The molecule has 1 atom stereocenters. The minimum Gasteiger partial charge on any atom is -0.385 e. The molecule has 128 valence electrons. The van der Waals surface area contributed by atoms with Gasteiger partial charge in [-0.3, -0.25) is 0 Å². The van der Waals surface area contributed by atoms with Crippen molar-refractivity contribution in [2.45, 2.75) is 52.7 Å². The first-order valence-electron chi connectivity index (χ1n) is 8.75. The van der Waals surface area contributed by atoms with Crippen LogP contribution in [0.2, 0.25) is 0 Å². The van der Waals surface area contributed by atoms with Crippen LogP contribution in [-0.4, -0.2) is 19.6 Å². The highest BCUT2D eigenvalue weighted by Gasteiger charge is 2.22. The van der Waals surface area contributed by atoms with Crippen molar-refractivity contribution >= 4 is 27.8 Å². The van der Waals surface area contributed by atoms with Crippen molar-refractivity contribution in [3.63, 3.8) is 0 Å². The van der Waals surface area contributed by atoms with E-state index in [0.717, 1.165) is 35.8 Å². The lowest BCUT2D eigenvalue weighted by Crippen LogP contribution is -2.12. The quantitative estimate of drug-likeness (QED) is 0.716. The Labute approximate surface area is 142 Å². The van der Waals surface area contributed by atoms with E-state index >= 15 is 0 Å². The van der Waals surface area contributed by atoms with Crippen molar-refractivity contribution in [2.24, 2.45) is 5.92 Å². The van der Waals surface area contributed by atoms with Gasteiger partial charge in [0.2, 0.25) is 0 Å². The predicted octanol–water partition coefficient (Wildman–Crippen LogP) is 4.05. The van der Waals surface area contributed by atoms with E-state index in [0.29, 0.717) is 29.5 Å². The maximum Gasteiger partial charge on any atom is 0.152 e. The molecule has 5 nitrogen and oxygen atoms in total. The van der Waals surface area contributed by atoms with Gasteiger partial charge >= 0.3 is 0 Å². The highest BCUT2D eigenvalue weighted by atomic mass is 16.3. The van der Waals surface area contributed by atoms with Crippen molar-refractivity contribution in [2.75, 3.05) is 5.73 Å². The Bertz CT molecular complexity index is 853. The van der Waals surface area contributed by atoms with Crippen LogP contribution in [-0.2, 0) is 6.54 Å². The summed E-state index contributed by atoms with van der Waals surface area (Å²) in [6.07, 6.45) is 2.16. The average molecular weight is 326 g/mol. The first kappa shape index (κ1) is 16.7. The normalized spacial score (nSPS) is 13.2. The Hall–Kier alpha value is -2.14. The minimum absolute atomic E-state index is 0.426. The van der Waals surface area contributed by atoms with Crippen LogP contribution >= 0.6 is 0 Å². The number of aromatic nitrogens is 3. The molecule has 1 aromatic carbocycles. The van der Waals surface area contributed by atoms with Crippen LogP contribution in [0.3, 0.4) is 0 Å². The van der Waals surface area contributed by atoms with E-state index in [1.807, 2.05) is 24.3 Å². The van der Waals surface area contributed by atoms with Gasteiger partial charge in [0.1, 0.15) is 17.4 Å². The van der Waals surface area contributed by atoms with Gasteiger partial charge in [0, 0.05) is 11.9 Å². The molecule has 0 radical (unpaired) electrons. The third-order valence-corrected chi connectivity index (χ3v) is 4.32. The highest BCUT2D eigenvalue weighted by Crippen LogP contribution is 2.32. The van der Waals surface area contributed by atoms with E-state index in [2.05, 4.69) is 30.3 Å². The number of anilines is 1. The lowest BCUT2D eigenvalue weighted by atomic mass is 10.1. The summed E-state index contributed by atoms with van der Waals surface area (Å²) in [6, 6.07) is 7.97. The maximum absolute atomic E-state index is 10.7. The van der Waals surface area contributed by atoms with E-state index in [1.54, 1.807) is 0 Å². The van der Waals surface area contributed by atoms with Crippen molar-refractivity contribution in [3.05, 3.63) is 30.1 Å². The molecule has 0 spiro atoms. The van der Waals surface area contributed by atoms with Gasteiger partial charge in [-0.15, -0.1) is 0 Å². The summed E-state index contributed by atoms with van der Waals surface area (Å²) in [5, 5.41) is 11.7. The van der Waals surface area contributed by atoms with Gasteiger partial charge in [-0.2, -0.15) is 0 Å². The maximum atomic E-state index is 10.7. The summed E-state index contributed by atoms with van der Waals surface area (Å²) in [4.78, 5) is 9.17. The Morgan fingerprint density at radius 3 is 2.67 bits per heavy atom. The number of para-hydroxylation sites is 1. The van der Waals surface area contributed by atoms with Crippen LogP contribution in [0.4, 0.5) is 5.82 Å². The van der Waals surface area contributed by atoms with Crippen LogP contribution in [0.1, 0.15) is 52.0 Å². The molecule has 0 aliphatic carbocycles. The molecule has 0 amide bonds. The fraction of sp³-hybridized carbons (Fsp3) is 0.474. The molecule has 0 saturated heterocycles. The van der Waals surface area contributed by atoms with Crippen LogP contribution in [0, 0.1) is 5.92 Å². The molecular weight excluding hydrogens is 300 g/mol. The number of hydrogen-bond acceptors (Lipinski definition) is 4. The van der Waals surface area contributed by atoms with Crippen molar-refractivity contribution in [1.29, 1.82) is 0 Å². The van der Waals surface area contributed by atoms with E-state index in [1.165, 1.54) is 0 Å². The number of pyridine rings is 1. The number of imidazole rings is 1. The fourth-order valence-electron chi connectivity index (χ4n) is 3.21. The SMILES string of the molecule is CCCCC(O)c1nc2c(N)nc3ccccc3c2n1CC(C)C. The molecule has 2 heterocycles. The Morgan fingerprint density at radius 1 is 1.21 bits per heavy atom. The number of fused-ring (bicyclic) bond motifs is 3. The molecule has 3 rings (SSSR count). The third-order valence-electron chi connectivity index (χ3n) is 4.32. The van der Waals surface area contributed by atoms with E-state index < -0.39 is 6.10 Å². The smallest absolute Gasteiger partial charge is 0.152 e. The molecule has 0 bridgehead atoms. The van der Waals surface area contributed by atoms with Crippen molar-refractivity contribution in [1.82, 2.24) is 14.5 Å². The number of rotatable bonds is 6. The van der Waals surface area contributed by atoms with Gasteiger partial charge in [-0.1, -0.05) is 51.8 Å². The fourth-order valence-corrected chi connectivity index (χ4v) is 3.21.